The van der Waals surface area contributed by atoms with Crippen molar-refractivity contribution in [2.45, 2.75) is 70.7 Å². The predicted octanol–water partition coefficient (Wildman–Crippen LogP) is 4.52. The van der Waals surface area contributed by atoms with E-state index in [0.29, 0.717) is 41.2 Å². The fourth-order valence-corrected chi connectivity index (χ4v) is 4.86. The number of ether oxygens (including phenoxy) is 3. The summed E-state index contributed by atoms with van der Waals surface area (Å²) < 4.78 is 19.2. The summed E-state index contributed by atoms with van der Waals surface area (Å²) in [6.07, 6.45) is 7.45. The van der Waals surface area contributed by atoms with E-state index in [9.17, 15) is 15.0 Å². The van der Waals surface area contributed by atoms with E-state index in [1.165, 1.54) is 0 Å². The fraction of sp³-hybridized carbons (Fsp3) is 0.481. The van der Waals surface area contributed by atoms with Crippen LogP contribution in [0, 0.1) is 6.92 Å². The number of imidazole rings is 1. The van der Waals surface area contributed by atoms with E-state index in [4.69, 9.17) is 14.2 Å². The van der Waals surface area contributed by atoms with Crippen molar-refractivity contribution in [3.63, 3.8) is 0 Å². The third kappa shape index (κ3) is 5.28. The first-order valence-corrected chi connectivity index (χ1v) is 12.1. The number of pyridine rings is 1. The van der Waals surface area contributed by atoms with Crippen LogP contribution < -0.4 is 9.47 Å². The number of fused-ring (bicyclic) bond motifs is 1. The van der Waals surface area contributed by atoms with Crippen molar-refractivity contribution in [2.75, 3.05) is 14.2 Å². The molecule has 3 aromatic rings. The highest BCUT2D eigenvalue weighted by atomic mass is 16.5. The van der Waals surface area contributed by atoms with E-state index >= 15 is 0 Å². The van der Waals surface area contributed by atoms with Crippen LogP contribution in [-0.2, 0) is 17.6 Å². The van der Waals surface area contributed by atoms with E-state index in [-0.39, 0.29) is 11.7 Å². The van der Waals surface area contributed by atoms with Crippen LogP contribution in [0.15, 0.2) is 30.6 Å². The van der Waals surface area contributed by atoms with Gasteiger partial charge in [0.25, 0.3) is 0 Å². The van der Waals surface area contributed by atoms with Crippen molar-refractivity contribution in [1.82, 2.24) is 9.38 Å². The lowest BCUT2D eigenvalue weighted by molar-refractivity contribution is -0.0757. The largest absolute Gasteiger partial charge is 0.496 e. The Morgan fingerprint density at radius 1 is 1.14 bits per heavy atom. The summed E-state index contributed by atoms with van der Waals surface area (Å²) in [7, 11) is 3.18. The van der Waals surface area contributed by atoms with Gasteiger partial charge in [0.05, 0.1) is 32.1 Å². The maximum Gasteiger partial charge on any atom is 0.339 e. The van der Waals surface area contributed by atoms with Crippen molar-refractivity contribution in [2.24, 2.45) is 0 Å². The van der Waals surface area contributed by atoms with Gasteiger partial charge in [-0.3, -0.25) is 0 Å². The maximum atomic E-state index is 11.8. The quantitative estimate of drug-likeness (QED) is 0.438. The molecule has 1 aromatic carbocycles. The van der Waals surface area contributed by atoms with Gasteiger partial charge in [0.15, 0.2) is 5.65 Å². The van der Waals surface area contributed by atoms with E-state index < -0.39 is 18.2 Å². The molecule has 2 aromatic heterocycles. The van der Waals surface area contributed by atoms with Crippen LogP contribution in [0.5, 0.6) is 11.5 Å². The van der Waals surface area contributed by atoms with Crippen LogP contribution in [0.2, 0.25) is 0 Å². The topological polar surface area (TPSA) is 103 Å². The van der Waals surface area contributed by atoms with Gasteiger partial charge in [0.1, 0.15) is 23.2 Å². The Kier molecular flexibility index (Phi) is 7.62. The van der Waals surface area contributed by atoms with Gasteiger partial charge in [-0.1, -0.05) is 19.8 Å². The highest BCUT2D eigenvalue weighted by Gasteiger charge is 2.29. The maximum absolute atomic E-state index is 11.8. The number of carboxylic acid groups (broad SMARTS) is 1. The predicted molar refractivity (Wildman–Crippen MR) is 132 cm³/mol. The number of rotatable bonds is 10. The average molecular weight is 483 g/mol. The molecule has 1 aliphatic carbocycles. The molecule has 2 unspecified atom stereocenters. The number of hydrogen-bond donors (Lipinski definition) is 2. The van der Waals surface area contributed by atoms with Gasteiger partial charge in [-0.15, -0.1) is 0 Å². The third-order valence-electron chi connectivity index (χ3n) is 6.84. The lowest BCUT2D eigenvalue weighted by atomic mass is 9.98. The Morgan fingerprint density at radius 3 is 2.37 bits per heavy atom. The molecule has 2 N–H and O–H groups in total. The molecule has 0 amide bonds. The SMILES string of the molecule is CCc1cc(C(=O)O)c2nc(CC(OC3CCCC3)C(O)c3cc(OC)c(C)c(OC)c3)cn2c1. The van der Waals surface area contributed by atoms with Crippen LogP contribution in [0.25, 0.3) is 5.65 Å². The second-order valence-electron chi connectivity index (χ2n) is 9.16. The molecule has 2 atom stereocenters. The van der Waals surface area contributed by atoms with Gasteiger partial charge in [-0.25, -0.2) is 9.78 Å². The minimum Gasteiger partial charge on any atom is -0.496 e. The number of benzene rings is 1. The normalized spacial score (nSPS) is 15.9. The van der Waals surface area contributed by atoms with Gasteiger partial charge in [0.2, 0.25) is 0 Å². The molecule has 1 aliphatic rings. The molecule has 1 fully saturated rings. The second kappa shape index (κ2) is 10.7. The third-order valence-corrected chi connectivity index (χ3v) is 6.84. The summed E-state index contributed by atoms with van der Waals surface area (Å²) in [6, 6.07) is 5.29. The van der Waals surface area contributed by atoms with E-state index in [1.807, 2.05) is 38.4 Å². The van der Waals surface area contributed by atoms with Crippen LogP contribution in [0.1, 0.15) is 71.5 Å². The number of aliphatic hydroxyl groups excluding tert-OH is 1. The second-order valence-corrected chi connectivity index (χ2v) is 9.16. The summed E-state index contributed by atoms with van der Waals surface area (Å²) in [5, 5.41) is 21.2. The molecule has 4 rings (SSSR count). The van der Waals surface area contributed by atoms with E-state index in [0.717, 1.165) is 36.8 Å². The molecule has 0 bridgehead atoms. The average Bonchev–Trinajstić information content (AvgIpc) is 3.51. The fourth-order valence-electron chi connectivity index (χ4n) is 4.86. The number of nitrogens with zero attached hydrogens (tertiary/aromatic N) is 2. The minimum absolute atomic E-state index is 0.0715. The molecule has 8 nitrogen and oxygen atoms in total. The monoisotopic (exact) mass is 482 g/mol. The van der Waals surface area contributed by atoms with Crippen LogP contribution in [0.3, 0.4) is 0 Å². The van der Waals surface area contributed by atoms with Crippen molar-refractivity contribution in [1.29, 1.82) is 0 Å². The Labute approximate surface area is 205 Å². The van der Waals surface area contributed by atoms with E-state index in [1.54, 1.807) is 24.7 Å². The van der Waals surface area contributed by atoms with Gasteiger partial charge >= 0.3 is 5.97 Å². The molecule has 0 saturated heterocycles. The molecular weight excluding hydrogens is 448 g/mol. The van der Waals surface area contributed by atoms with Crippen LogP contribution in [-0.4, -0.2) is 52.0 Å². The zero-order valence-corrected chi connectivity index (χ0v) is 20.8. The molecule has 2 heterocycles. The number of hydrogen-bond acceptors (Lipinski definition) is 6. The van der Waals surface area contributed by atoms with E-state index in [2.05, 4.69) is 4.98 Å². The number of aromatic nitrogens is 2. The first kappa shape index (κ1) is 25.0. The Hall–Kier alpha value is -3.10. The van der Waals surface area contributed by atoms with Crippen molar-refractivity contribution >= 4 is 11.6 Å². The molecule has 0 aliphatic heterocycles. The number of carboxylic acids is 1. The first-order chi connectivity index (χ1) is 16.8. The summed E-state index contributed by atoms with van der Waals surface area (Å²) in [5.41, 5.74) is 3.61. The summed E-state index contributed by atoms with van der Waals surface area (Å²) in [5.74, 6) is 0.243. The van der Waals surface area contributed by atoms with Crippen LogP contribution in [0.4, 0.5) is 0 Å². The Morgan fingerprint density at radius 2 is 1.80 bits per heavy atom. The standard InChI is InChI=1S/C27H34N2O6/c1-5-17-10-21(27(31)32)26-28-19(15-29(26)14-17)13-24(35-20-8-6-7-9-20)25(30)18-11-22(33-3)16(2)23(12-18)34-4/h10-12,14-15,20,24-25,30H,5-9,13H2,1-4H3,(H,31,32). The van der Waals surface area contributed by atoms with Gasteiger partial charge in [-0.05, 0) is 55.5 Å². The summed E-state index contributed by atoms with van der Waals surface area (Å²) in [6.45, 7) is 3.89. The molecule has 0 spiro atoms. The molecule has 35 heavy (non-hydrogen) atoms. The smallest absolute Gasteiger partial charge is 0.339 e. The molecule has 188 valence electrons. The van der Waals surface area contributed by atoms with Crippen molar-refractivity contribution in [3.05, 3.63) is 58.5 Å². The van der Waals surface area contributed by atoms with Crippen LogP contribution >= 0.6 is 0 Å². The number of aliphatic hydroxyl groups is 1. The number of methoxy groups -OCH3 is 2. The Bertz CT molecular complexity index is 1170. The zero-order chi connectivity index (χ0) is 25.1. The molecular formula is C27H34N2O6. The van der Waals surface area contributed by atoms with Crippen molar-refractivity contribution < 1.29 is 29.2 Å². The zero-order valence-electron chi connectivity index (χ0n) is 20.8. The number of carbonyl (C=O) groups is 1. The Balaban J connectivity index is 1.70. The van der Waals surface area contributed by atoms with Gasteiger partial charge < -0.3 is 28.8 Å². The molecule has 1 saturated carbocycles. The lowest BCUT2D eigenvalue weighted by Crippen LogP contribution is -2.29. The molecule has 0 radical (unpaired) electrons. The van der Waals surface area contributed by atoms with Gasteiger partial charge in [-0.2, -0.15) is 0 Å². The number of aryl methyl sites for hydroxylation is 1. The minimum atomic E-state index is -1.01. The van der Waals surface area contributed by atoms with Gasteiger partial charge in [0, 0.05) is 24.4 Å². The lowest BCUT2D eigenvalue weighted by Gasteiger charge is -2.27. The highest BCUT2D eigenvalue weighted by Crippen LogP contribution is 2.35. The summed E-state index contributed by atoms with van der Waals surface area (Å²) in [4.78, 5) is 16.5. The number of aromatic carboxylic acids is 1. The summed E-state index contributed by atoms with van der Waals surface area (Å²) >= 11 is 0. The first-order valence-electron chi connectivity index (χ1n) is 12.1. The molecule has 8 heteroatoms. The van der Waals surface area contributed by atoms with Crippen molar-refractivity contribution in [3.8, 4) is 11.5 Å². The highest BCUT2D eigenvalue weighted by molar-refractivity contribution is 5.94.